The summed E-state index contributed by atoms with van der Waals surface area (Å²) < 4.78 is 6.88. The Kier molecular flexibility index (Phi) is 3.19. The maximum Gasteiger partial charge on any atom is 0.310 e. The summed E-state index contributed by atoms with van der Waals surface area (Å²) in [7, 11) is 0. The summed E-state index contributed by atoms with van der Waals surface area (Å²) in [6.07, 6.45) is 3.19. The van der Waals surface area contributed by atoms with Crippen LogP contribution >= 0.6 is 15.9 Å². The van der Waals surface area contributed by atoms with E-state index < -0.39 is 29.5 Å². The number of ether oxygens (including phenoxy) is 1. The summed E-state index contributed by atoms with van der Waals surface area (Å²) in [4.78, 5) is 26.2. The van der Waals surface area contributed by atoms with Gasteiger partial charge in [-0.05, 0) is 24.6 Å². The topological polar surface area (TPSA) is 66.8 Å². The van der Waals surface area contributed by atoms with Crippen molar-refractivity contribution in [2.75, 3.05) is 6.54 Å². The summed E-state index contributed by atoms with van der Waals surface area (Å²) in [6, 6.07) is 7.69. The highest BCUT2D eigenvalue weighted by Gasteiger charge is 2.67. The summed E-state index contributed by atoms with van der Waals surface area (Å²) in [5.74, 6) is -2.49. The molecular formula is C17H16BrNO4. The van der Waals surface area contributed by atoms with Gasteiger partial charge in [-0.25, -0.2) is 0 Å². The van der Waals surface area contributed by atoms with Crippen LogP contribution < -0.4 is 0 Å². The molecule has 3 aliphatic rings. The molecule has 120 valence electrons. The van der Waals surface area contributed by atoms with Gasteiger partial charge in [-0.2, -0.15) is 0 Å². The zero-order valence-corrected chi connectivity index (χ0v) is 14.1. The van der Waals surface area contributed by atoms with E-state index in [-0.39, 0.29) is 11.9 Å². The van der Waals surface area contributed by atoms with Crippen LogP contribution in [0.5, 0.6) is 0 Å². The minimum Gasteiger partial charge on any atom is -0.481 e. The number of carboxylic acid groups (broad SMARTS) is 1. The minimum absolute atomic E-state index is 0.124. The van der Waals surface area contributed by atoms with Gasteiger partial charge in [0.05, 0.1) is 24.6 Å². The molecular weight excluding hydrogens is 362 g/mol. The summed E-state index contributed by atoms with van der Waals surface area (Å²) in [5, 5.41) is 9.48. The summed E-state index contributed by atoms with van der Waals surface area (Å²) in [5.41, 5.74) is 0.248. The predicted octanol–water partition coefficient (Wildman–Crippen LogP) is 2.38. The molecule has 0 aromatic heterocycles. The SMILES string of the molecule is C[C@H](c1ccc(Br)cc1)N1C[C@]23C=C[C@H](O2)[C@@H](C(=O)O)[C@@H]3C1=O. The Morgan fingerprint density at radius 2 is 2.13 bits per heavy atom. The molecule has 3 aliphatic heterocycles. The molecule has 2 saturated heterocycles. The van der Waals surface area contributed by atoms with E-state index in [9.17, 15) is 14.7 Å². The van der Waals surface area contributed by atoms with Crippen LogP contribution in [-0.2, 0) is 14.3 Å². The number of carbonyl (C=O) groups is 2. The number of amides is 1. The van der Waals surface area contributed by atoms with Crippen molar-refractivity contribution in [3.63, 3.8) is 0 Å². The van der Waals surface area contributed by atoms with Crippen LogP contribution in [0.1, 0.15) is 18.5 Å². The Balaban J connectivity index is 1.66. The fourth-order valence-corrected chi connectivity index (χ4v) is 4.32. The number of carbonyl (C=O) groups excluding carboxylic acids is 1. The second-order valence-corrected chi connectivity index (χ2v) is 7.35. The van der Waals surface area contributed by atoms with Crippen molar-refractivity contribution in [3.8, 4) is 0 Å². The number of likely N-dealkylation sites (tertiary alicyclic amines) is 1. The van der Waals surface area contributed by atoms with Gasteiger partial charge < -0.3 is 14.7 Å². The third-order valence-electron chi connectivity index (χ3n) is 5.23. The van der Waals surface area contributed by atoms with Gasteiger partial charge in [0.25, 0.3) is 0 Å². The highest BCUT2D eigenvalue weighted by Crippen LogP contribution is 2.53. The molecule has 1 amide bonds. The van der Waals surface area contributed by atoms with Gasteiger partial charge in [0.2, 0.25) is 5.91 Å². The summed E-state index contributed by atoms with van der Waals surface area (Å²) in [6.45, 7) is 2.37. The van der Waals surface area contributed by atoms with Gasteiger partial charge in [0.15, 0.2) is 0 Å². The van der Waals surface area contributed by atoms with Gasteiger partial charge in [0.1, 0.15) is 11.5 Å². The van der Waals surface area contributed by atoms with Crippen molar-refractivity contribution in [2.24, 2.45) is 11.8 Å². The molecule has 5 atom stereocenters. The predicted molar refractivity (Wildman–Crippen MR) is 85.6 cm³/mol. The number of hydrogen-bond acceptors (Lipinski definition) is 3. The first kappa shape index (κ1) is 14.9. The number of fused-ring (bicyclic) bond motifs is 1. The molecule has 0 saturated carbocycles. The maximum absolute atomic E-state index is 12.9. The van der Waals surface area contributed by atoms with Crippen molar-refractivity contribution in [2.45, 2.75) is 24.7 Å². The van der Waals surface area contributed by atoms with E-state index in [0.717, 1.165) is 10.0 Å². The van der Waals surface area contributed by atoms with Gasteiger partial charge >= 0.3 is 5.97 Å². The Morgan fingerprint density at radius 3 is 2.78 bits per heavy atom. The number of rotatable bonds is 3. The number of nitrogens with zero attached hydrogens (tertiary/aromatic N) is 1. The van der Waals surface area contributed by atoms with Gasteiger partial charge in [-0.15, -0.1) is 0 Å². The molecule has 23 heavy (non-hydrogen) atoms. The van der Waals surface area contributed by atoms with E-state index in [2.05, 4.69) is 15.9 Å². The van der Waals surface area contributed by atoms with Crippen molar-refractivity contribution in [1.29, 1.82) is 0 Å². The molecule has 0 aliphatic carbocycles. The zero-order chi connectivity index (χ0) is 16.4. The van der Waals surface area contributed by atoms with Crippen LogP contribution in [0.25, 0.3) is 0 Å². The monoisotopic (exact) mass is 377 g/mol. The van der Waals surface area contributed by atoms with Crippen molar-refractivity contribution in [1.82, 2.24) is 4.90 Å². The lowest BCUT2D eigenvalue weighted by atomic mass is 9.77. The lowest BCUT2D eigenvalue weighted by Gasteiger charge is -2.27. The van der Waals surface area contributed by atoms with Crippen LogP contribution in [0.4, 0.5) is 0 Å². The lowest BCUT2D eigenvalue weighted by Crippen LogP contribution is -2.39. The van der Waals surface area contributed by atoms with Crippen LogP contribution in [0.3, 0.4) is 0 Å². The zero-order valence-electron chi connectivity index (χ0n) is 12.5. The normalized spacial score (nSPS) is 35.7. The van der Waals surface area contributed by atoms with Crippen LogP contribution in [0.15, 0.2) is 40.9 Å². The molecule has 1 aromatic rings. The Bertz CT molecular complexity index is 716. The standard InChI is InChI=1S/C17H16BrNO4/c1-9(10-2-4-11(18)5-3-10)19-8-17-7-6-12(23-17)13(16(21)22)14(17)15(19)20/h2-7,9,12-14H,8H2,1H3,(H,21,22)/t9-,12+,13-,14-,17+/m1/s1. The number of carboxylic acids is 1. The average Bonchev–Trinajstić information content (AvgIpc) is 3.15. The van der Waals surface area contributed by atoms with E-state index in [1.165, 1.54) is 0 Å². The Labute approximate surface area is 142 Å². The highest BCUT2D eigenvalue weighted by atomic mass is 79.9. The number of halogens is 1. The van der Waals surface area contributed by atoms with Crippen LogP contribution in [-0.4, -0.2) is 40.1 Å². The third-order valence-corrected chi connectivity index (χ3v) is 5.76. The van der Waals surface area contributed by atoms with E-state index in [0.29, 0.717) is 6.54 Å². The first-order valence-electron chi connectivity index (χ1n) is 7.59. The average molecular weight is 378 g/mol. The molecule has 6 heteroatoms. The quantitative estimate of drug-likeness (QED) is 0.821. The molecule has 2 fully saturated rings. The maximum atomic E-state index is 12.9. The molecule has 0 unspecified atom stereocenters. The van der Waals surface area contributed by atoms with Crippen molar-refractivity contribution in [3.05, 3.63) is 46.5 Å². The lowest BCUT2D eigenvalue weighted by molar-refractivity contribution is -0.148. The van der Waals surface area contributed by atoms with Gasteiger partial charge in [0, 0.05) is 4.47 Å². The molecule has 4 rings (SSSR count). The molecule has 2 bridgehead atoms. The van der Waals surface area contributed by atoms with Crippen LogP contribution in [0.2, 0.25) is 0 Å². The van der Waals surface area contributed by atoms with Crippen molar-refractivity contribution < 1.29 is 19.4 Å². The van der Waals surface area contributed by atoms with E-state index in [4.69, 9.17) is 4.74 Å². The Hall–Kier alpha value is -1.66. The smallest absolute Gasteiger partial charge is 0.310 e. The van der Waals surface area contributed by atoms with E-state index in [1.54, 1.807) is 11.0 Å². The molecule has 0 radical (unpaired) electrons. The molecule has 5 nitrogen and oxygen atoms in total. The first-order chi connectivity index (χ1) is 10.9. The first-order valence-corrected chi connectivity index (χ1v) is 8.38. The Morgan fingerprint density at radius 1 is 1.43 bits per heavy atom. The molecule has 3 heterocycles. The van der Waals surface area contributed by atoms with Crippen molar-refractivity contribution >= 4 is 27.8 Å². The largest absolute Gasteiger partial charge is 0.481 e. The number of hydrogen-bond donors (Lipinski definition) is 1. The van der Waals surface area contributed by atoms with Gasteiger partial charge in [-0.3, -0.25) is 9.59 Å². The molecule has 1 spiro atoms. The van der Waals surface area contributed by atoms with Gasteiger partial charge in [-0.1, -0.05) is 40.2 Å². The second-order valence-electron chi connectivity index (χ2n) is 6.43. The van der Waals surface area contributed by atoms with E-state index >= 15 is 0 Å². The number of benzene rings is 1. The number of aliphatic carboxylic acids is 1. The third kappa shape index (κ3) is 2.01. The van der Waals surface area contributed by atoms with E-state index in [1.807, 2.05) is 37.3 Å². The van der Waals surface area contributed by atoms with Crippen LogP contribution in [0, 0.1) is 11.8 Å². The minimum atomic E-state index is -0.960. The fourth-order valence-electron chi connectivity index (χ4n) is 4.06. The second kappa shape index (κ2) is 4.92. The molecule has 1 N–H and O–H groups in total. The fraction of sp³-hybridized carbons (Fsp3) is 0.412. The summed E-state index contributed by atoms with van der Waals surface area (Å²) >= 11 is 3.40. The molecule has 1 aromatic carbocycles. The highest BCUT2D eigenvalue weighted by molar-refractivity contribution is 9.10.